The molecular weight excluding hydrogens is 324 g/mol. The van der Waals surface area contributed by atoms with Gasteiger partial charge in [0.25, 0.3) is 0 Å². The lowest BCUT2D eigenvalue weighted by Gasteiger charge is -2.12. The van der Waals surface area contributed by atoms with E-state index in [4.69, 9.17) is 11.6 Å². The number of alkyl halides is 3. The number of halogens is 5. The van der Waals surface area contributed by atoms with E-state index in [1.165, 1.54) is 0 Å². The van der Waals surface area contributed by atoms with Crippen LogP contribution >= 0.6 is 23.4 Å². The minimum Gasteiger partial charge on any atom is -0.207 e. The lowest BCUT2D eigenvalue weighted by molar-refractivity contribution is -0.0687. The molecule has 2 aromatic rings. The third-order valence-electron chi connectivity index (χ3n) is 2.59. The molecule has 0 aromatic heterocycles. The van der Waals surface area contributed by atoms with Crippen molar-refractivity contribution >= 4 is 28.9 Å². The van der Waals surface area contributed by atoms with Crippen molar-refractivity contribution in [3.63, 3.8) is 0 Å². The van der Waals surface area contributed by atoms with Crippen molar-refractivity contribution in [3.05, 3.63) is 70.3 Å². The molecule has 0 heterocycles. The highest BCUT2D eigenvalue weighted by atomic mass is 35.5. The van der Waals surface area contributed by atoms with E-state index in [9.17, 15) is 17.6 Å². The van der Waals surface area contributed by atoms with E-state index in [0.29, 0.717) is 9.92 Å². The molecule has 0 saturated heterocycles. The molecule has 110 valence electrons. The first-order chi connectivity index (χ1) is 9.86. The Hall–Kier alpha value is -1.46. The van der Waals surface area contributed by atoms with Crippen LogP contribution in [0.2, 0.25) is 5.02 Å². The standard InChI is InChI=1S/C15H9ClF4S/c16-11-3-7-13(8-4-11)21-9-14(15(18,19)20)10-1-5-12(17)6-2-10/h1-9H/b14-9+. The molecule has 0 N–H and O–H groups in total. The first-order valence-electron chi connectivity index (χ1n) is 5.82. The van der Waals surface area contributed by atoms with Gasteiger partial charge in [0.2, 0.25) is 0 Å². The molecule has 2 rings (SSSR count). The zero-order valence-corrected chi connectivity index (χ0v) is 12.1. The first kappa shape index (κ1) is 15.9. The summed E-state index contributed by atoms with van der Waals surface area (Å²) in [4.78, 5) is 0.628. The predicted octanol–water partition coefficient (Wildman–Crippen LogP) is 6.17. The van der Waals surface area contributed by atoms with E-state index in [0.717, 1.165) is 41.4 Å². The maximum Gasteiger partial charge on any atom is 0.417 e. The molecule has 0 unspecified atom stereocenters. The van der Waals surface area contributed by atoms with Crippen molar-refractivity contribution in [1.29, 1.82) is 0 Å². The molecule has 0 nitrogen and oxygen atoms in total. The van der Waals surface area contributed by atoms with Crippen molar-refractivity contribution in [2.75, 3.05) is 0 Å². The van der Waals surface area contributed by atoms with E-state index in [1.54, 1.807) is 24.3 Å². The molecule has 0 radical (unpaired) electrons. The largest absolute Gasteiger partial charge is 0.417 e. The average molecular weight is 333 g/mol. The second-order valence-electron chi connectivity index (χ2n) is 4.11. The summed E-state index contributed by atoms with van der Waals surface area (Å²) in [6.45, 7) is 0. The molecule has 0 aliphatic heterocycles. The minimum atomic E-state index is -4.52. The molecule has 0 saturated carbocycles. The highest BCUT2D eigenvalue weighted by Crippen LogP contribution is 2.37. The fraction of sp³-hybridized carbons (Fsp3) is 0.0667. The lowest BCUT2D eigenvalue weighted by Crippen LogP contribution is -2.10. The van der Waals surface area contributed by atoms with Gasteiger partial charge in [-0.3, -0.25) is 0 Å². The van der Waals surface area contributed by atoms with Crippen molar-refractivity contribution in [2.24, 2.45) is 0 Å². The predicted molar refractivity (Wildman–Crippen MR) is 77.7 cm³/mol. The quantitative estimate of drug-likeness (QED) is 0.478. The molecule has 0 bridgehead atoms. The molecular formula is C15H9ClF4S. The number of allylic oxidation sites excluding steroid dienone is 1. The van der Waals surface area contributed by atoms with Gasteiger partial charge in [0.15, 0.2) is 0 Å². The minimum absolute atomic E-state index is 0.0784. The fourth-order valence-corrected chi connectivity index (χ4v) is 2.51. The van der Waals surface area contributed by atoms with Crippen LogP contribution in [-0.2, 0) is 0 Å². The maximum absolute atomic E-state index is 13.1. The molecule has 0 fully saturated rings. The fourth-order valence-electron chi connectivity index (χ4n) is 1.57. The Bertz CT molecular complexity index is 630. The second kappa shape index (κ2) is 6.54. The van der Waals surface area contributed by atoms with Crippen LogP contribution < -0.4 is 0 Å². The topological polar surface area (TPSA) is 0 Å². The zero-order valence-electron chi connectivity index (χ0n) is 10.5. The van der Waals surface area contributed by atoms with E-state index < -0.39 is 17.6 Å². The van der Waals surface area contributed by atoms with E-state index >= 15 is 0 Å². The van der Waals surface area contributed by atoms with Crippen LogP contribution in [0.4, 0.5) is 17.6 Å². The van der Waals surface area contributed by atoms with Crippen molar-refractivity contribution in [3.8, 4) is 0 Å². The van der Waals surface area contributed by atoms with Gasteiger partial charge >= 0.3 is 6.18 Å². The number of rotatable bonds is 3. The van der Waals surface area contributed by atoms with Gasteiger partial charge < -0.3 is 0 Å². The number of hydrogen-bond acceptors (Lipinski definition) is 1. The highest BCUT2D eigenvalue weighted by molar-refractivity contribution is 8.02. The summed E-state index contributed by atoms with van der Waals surface area (Å²) in [6.07, 6.45) is -4.52. The van der Waals surface area contributed by atoms with E-state index in [-0.39, 0.29) is 5.56 Å². The molecule has 6 heteroatoms. The van der Waals surface area contributed by atoms with Crippen LogP contribution in [0.3, 0.4) is 0 Å². The molecule has 0 amide bonds. The van der Waals surface area contributed by atoms with Crippen LogP contribution in [0.5, 0.6) is 0 Å². The van der Waals surface area contributed by atoms with Crippen LogP contribution in [0.15, 0.2) is 58.8 Å². The molecule has 0 aliphatic rings. The lowest BCUT2D eigenvalue weighted by atomic mass is 10.1. The Morgan fingerprint density at radius 1 is 0.952 bits per heavy atom. The third-order valence-corrected chi connectivity index (χ3v) is 3.74. The van der Waals surface area contributed by atoms with Gasteiger partial charge in [-0.2, -0.15) is 13.2 Å². The summed E-state index contributed by atoms with van der Waals surface area (Å²) in [5, 5.41) is 1.52. The Morgan fingerprint density at radius 2 is 1.52 bits per heavy atom. The summed E-state index contributed by atoms with van der Waals surface area (Å²) in [7, 11) is 0. The van der Waals surface area contributed by atoms with Gasteiger partial charge in [-0.25, -0.2) is 4.39 Å². The Morgan fingerprint density at radius 3 is 2.05 bits per heavy atom. The van der Waals surface area contributed by atoms with Gasteiger partial charge in [0.1, 0.15) is 5.82 Å². The molecule has 0 aliphatic carbocycles. The monoisotopic (exact) mass is 332 g/mol. The number of hydrogen-bond donors (Lipinski definition) is 0. The molecule has 0 atom stereocenters. The van der Waals surface area contributed by atoms with Gasteiger partial charge in [0.05, 0.1) is 5.57 Å². The second-order valence-corrected chi connectivity index (χ2v) is 5.49. The Balaban J connectivity index is 2.30. The van der Waals surface area contributed by atoms with Gasteiger partial charge in [-0.05, 0) is 47.4 Å². The molecule has 0 spiro atoms. The summed E-state index contributed by atoms with van der Waals surface area (Å²) in [5.41, 5.74) is -0.896. The number of thioether (sulfide) groups is 1. The van der Waals surface area contributed by atoms with Crippen molar-refractivity contribution in [2.45, 2.75) is 11.1 Å². The van der Waals surface area contributed by atoms with Crippen LogP contribution in [0.25, 0.3) is 5.57 Å². The van der Waals surface area contributed by atoms with Gasteiger partial charge in [-0.1, -0.05) is 35.5 Å². The Labute approximate surface area is 128 Å². The normalized spacial score (nSPS) is 12.5. The summed E-state index contributed by atoms with van der Waals surface area (Å²) in [5.74, 6) is -0.578. The average Bonchev–Trinajstić information content (AvgIpc) is 2.42. The van der Waals surface area contributed by atoms with Crippen molar-refractivity contribution in [1.82, 2.24) is 0 Å². The van der Waals surface area contributed by atoms with Crippen LogP contribution in [-0.4, -0.2) is 6.18 Å². The van der Waals surface area contributed by atoms with Crippen LogP contribution in [0, 0.1) is 5.82 Å². The molecule has 21 heavy (non-hydrogen) atoms. The van der Waals surface area contributed by atoms with Crippen molar-refractivity contribution < 1.29 is 17.6 Å². The van der Waals surface area contributed by atoms with Gasteiger partial charge in [-0.15, -0.1) is 0 Å². The first-order valence-corrected chi connectivity index (χ1v) is 7.07. The SMILES string of the molecule is Fc1ccc(/C(=C\Sc2ccc(Cl)cc2)C(F)(F)F)cc1. The van der Waals surface area contributed by atoms with Crippen LogP contribution in [0.1, 0.15) is 5.56 Å². The maximum atomic E-state index is 13.1. The summed E-state index contributed by atoms with van der Waals surface area (Å²) < 4.78 is 52.0. The zero-order chi connectivity index (χ0) is 15.5. The smallest absolute Gasteiger partial charge is 0.207 e. The highest BCUT2D eigenvalue weighted by Gasteiger charge is 2.34. The third kappa shape index (κ3) is 4.51. The van der Waals surface area contributed by atoms with E-state index in [1.807, 2.05) is 0 Å². The van der Waals surface area contributed by atoms with E-state index in [2.05, 4.69) is 0 Å². The van der Waals surface area contributed by atoms with Gasteiger partial charge in [0, 0.05) is 9.92 Å². The summed E-state index contributed by atoms with van der Waals surface area (Å²) in [6, 6.07) is 10.7. The molecule has 2 aromatic carbocycles. The Kier molecular flexibility index (Phi) is 4.96. The summed E-state index contributed by atoms with van der Waals surface area (Å²) >= 11 is 6.65. The number of benzene rings is 2.